The lowest BCUT2D eigenvalue weighted by Crippen LogP contribution is -2.48. The summed E-state index contributed by atoms with van der Waals surface area (Å²) in [5.41, 5.74) is 2.05. The number of piperidine rings is 1. The minimum absolute atomic E-state index is 0.0487. The minimum Gasteiger partial charge on any atom is -0.507 e. The number of carbonyl (C=O) groups is 3. The third kappa shape index (κ3) is 4.44. The molecule has 0 bridgehead atoms. The maximum Gasteiger partial charge on any atom is 0.409 e. The SMILES string of the molecule is CCOC(=O)N1CCC(N2C(=O)C(=O)/C(=C(/O)c3ccc(Br)c(C)c3)C2c2cccnc2)CC1. The van der Waals surface area contributed by atoms with Crippen molar-refractivity contribution in [3.63, 3.8) is 0 Å². The summed E-state index contributed by atoms with van der Waals surface area (Å²) in [4.78, 5) is 46.0. The van der Waals surface area contributed by atoms with Crippen molar-refractivity contribution >= 4 is 39.5 Å². The topological polar surface area (TPSA) is 100 Å². The lowest BCUT2D eigenvalue weighted by molar-refractivity contribution is -0.142. The van der Waals surface area contributed by atoms with Crippen molar-refractivity contribution < 1.29 is 24.2 Å². The zero-order chi connectivity index (χ0) is 24.4. The van der Waals surface area contributed by atoms with Gasteiger partial charge in [-0.1, -0.05) is 28.1 Å². The number of likely N-dealkylation sites (tertiary alicyclic amines) is 2. The van der Waals surface area contributed by atoms with Gasteiger partial charge in [-0.3, -0.25) is 14.6 Å². The summed E-state index contributed by atoms with van der Waals surface area (Å²) >= 11 is 3.45. The summed E-state index contributed by atoms with van der Waals surface area (Å²) in [6.45, 7) is 4.76. The molecular formula is C25H26BrN3O5. The summed E-state index contributed by atoms with van der Waals surface area (Å²) < 4.78 is 5.96. The van der Waals surface area contributed by atoms with E-state index in [-0.39, 0.29) is 23.5 Å². The monoisotopic (exact) mass is 527 g/mol. The molecule has 1 aromatic heterocycles. The molecule has 0 spiro atoms. The molecule has 2 aromatic rings. The summed E-state index contributed by atoms with van der Waals surface area (Å²) in [5, 5.41) is 11.2. The van der Waals surface area contributed by atoms with Crippen LogP contribution in [0.3, 0.4) is 0 Å². The Hall–Kier alpha value is -3.20. The van der Waals surface area contributed by atoms with E-state index in [1.54, 1.807) is 59.4 Å². The summed E-state index contributed by atoms with van der Waals surface area (Å²) in [6, 6.07) is 7.77. The summed E-state index contributed by atoms with van der Waals surface area (Å²) in [6.07, 6.45) is 3.85. The molecule has 34 heavy (non-hydrogen) atoms. The number of aliphatic hydroxyl groups is 1. The van der Waals surface area contributed by atoms with Crippen LogP contribution >= 0.6 is 15.9 Å². The number of aromatic nitrogens is 1. The van der Waals surface area contributed by atoms with E-state index in [1.807, 2.05) is 6.92 Å². The predicted octanol–water partition coefficient (Wildman–Crippen LogP) is 4.20. The molecule has 9 heteroatoms. The maximum atomic E-state index is 13.3. The number of aryl methyl sites for hydroxylation is 1. The van der Waals surface area contributed by atoms with E-state index in [0.717, 1.165) is 10.0 Å². The summed E-state index contributed by atoms with van der Waals surface area (Å²) in [7, 11) is 0. The molecule has 2 amide bonds. The van der Waals surface area contributed by atoms with Crippen LogP contribution in [0.4, 0.5) is 4.79 Å². The molecule has 1 aromatic carbocycles. The van der Waals surface area contributed by atoms with Crippen molar-refractivity contribution in [1.82, 2.24) is 14.8 Å². The van der Waals surface area contributed by atoms with E-state index >= 15 is 0 Å². The van der Waals surface area contributed by atoms with Crippen LogP contribution in [0.1, 0.15) is 42.5 Å². The average Bonchev–Trinajstić information content (AvgIpc) is 3.11. The molecule has 2 saturated heterocycles. The van der Waals surface area contributed by atoms with Gasteiger partial charge in [0.15, 0.2) is 0 Å². The van der Waals surface area contributed by atoms with Gasteiger partial charge in [0.2, 0.25) is 0 Å². The fraction of sp³-hybridized carbons (Fsp3) is 0.360. The van der Waals surface area contributed by atoms with Crippen molar-refractivity contribution in [2.24, 2.45) is 0 Å². The molecule has 0 saturated carbocycles. The molecule has 1 N–H and O–H groups in total. The van der Waals surface area contributed by atoms with Crippen molar-refractivity contribution in [3.05, 3.63) is 69.5 Å². The van der Waals surface area contributed by atoms with Crippen LogP contribution < -0.4 is 0 Å². The van der Waals surface area contributed by atoms with Crippen LogP contribution in [0.25, 0.3) is 5.76 Å². The molecule has 178 valence electrons. The van der Waals surface area contributed by atoms with Crippen molar-refractivity contribution in [3.8, 4) is 0 Å². The van der Waals surface area contributed by atoms with Gasteiger partial charge >= 0.3 is 6.09 Å². The highest BCUT2D eigenvalue weighted by Gasteiger charge is 2.49. The zero-order valence-electron chi connectivity index (χ0n) is 19.0. The number of benzene rings is 1. The standard InChI is InChI=1S/C25H26BrN3O5/c1-3-34-25(33)28-11-8-18(9-12-28)29-21(17-5-4-10-27-14-17)20(23(31)24(29)32)22(30)16-6-7-19(26)15(2)13-16/h4-7,10,13-14,18,21,30H,3,8-9,11-12H2,1-2H3/b22-20+. The number of nitrogens with zero attached hydrogens (tertiary/aromatic N) is 3. The van der Waals surface area contributed by atoms with Gasteiger partial charge in [0, 0.05) is 41.6 Å². The number of halogens is 1. The van der Waals surface area contributed by atoms with Crippen LogP contribution in [0.15, 0.2) is 52.8 Å². The fourth-order valence-electron chi connectivity index (χ4n) is 4.58. The zero-order valence-corrected chi connectivity index (χ0v) is 20.6. The van der Waals surface area contributed by atoms with Crippen molar-refractivity contribution in [2.45, 2.75) is 38.8 Å². The third-order valence-electron chi connectivity index (χ3n) is 6.30. The number of aliphatic hydroxyl groups excluding tert-OH is 1. The molecule has 2 aliphatic heterocycles. The largest absolute Gasteiger partial charge is 0.507 e. The van der Waals surface area contributed by atoms with Gasteiger partial charge in [-0.25, -0.2) is 4.79 Å². The van der Waals surface area contributed by atoms with E-state index in [1.165, 1.54) is 0 Å². The molecule has 8 nitrogen and oxygen atoms in total. The molecule has 3 heterocycles. The summed E-state index contributed by atoms with van der Waals surface area (Å²) in [5.74, 6) is -1.59. The molecule has 0 aliphatic carbocycles. The Labute approximate surface area is 206 Å². The second-order valence-corrected chi connectivity index (χ2v) is 9.23. The molecular weight excluding hydrogens is 502 g/mol. The highest BCUT2D eigenvalue weighted by atomic mass is 79.9. The predicted molar refractivity (Wildman–Crippen MR) is 129 cm³/mol. The van der Waals surface area contributed by atoms with Crippen LogP contribution in [0, 0.1) is 6.92 Å². The Morgan fingerprint density at radius 3 is 2.59 bits per heavy atom. The molecule has 1 atom stereocenters. The first-order valence-corrected chi connectivity index (χ1v) is 12.0. The number of ether oxygens (including phenoxy) is 1. The third-order valence-corrected chi connectivity index (χ3v) is 7.19. The molecule has 2 aliphatic rings. The first-order valence-electron chi connectivity index (χ1n) is 11.2. The second-order valence-electron chi connectivity index (χ2n) is 8.37. The number of hydrogen-bond donors (Lipinski definition) is 1. The number of carbonyl (C=O) groups excluding carboxylic acids is 3. The lowest BCUT2D eigenvalue weighted by atomic mass is 9.94. The highest BCUT2D eigenvalue weighted by Crippen LogP contribution is 2.42. The van der Waals surface area contributed by atoms with Crippen molar-refractivity contribution in [2.75, 3.05) is 19.7 Å². The normalized spacial score (nSPS) is 20.6. The molecule has 0 radical (unpaired) electrons. The van der Waals surface area contributed by atoms with E-state index < -0.39 is 17.7 Å². The molecule has 2 fully saturated rings. The van der Waals surface area contributed by atoms with E-state index in [9.17, 15) is 19.5 Å². The van der Waals surface area contributed by atoms with E-state index in [4.69, 9.17) is 4.74 Å². The van der Waals surface area contributed by atoms with Crippen LogP contribution in [0.2, 0.25) is 0 Å². The highest BCUT2D eigenvalue weighted by molar-refractivity contribution is 9.10. The van der Waals surface area contributed by atoms with E-state index in [2.05, 4.69) is 20.9 Å². The van der Waals surface area contributed by atoms with Crippen LogP contribution in [0.5, 0.6) is 0 Å². The van der Waals surface area contributed by atoms with Gasteiger partial charge < -0.3 is 19.6 Å². The number of Topliss-reactive ketones (excluding diaryl/α,β-unsaturated/α-hetero) is 1. The van der Waals surface area contributed by atoms with Gasteiger partial charge in [0.1, 0.15) is 5.76 Å². The Bertz CT molecular complexity index is 1140. The van der Waals surface area contributed by atoms with Gasteiger partial charge in [-0.05, 0) is 56.0 Å². The van der Waals surface area contributed by atoms with Gasteiger partial charge in [0.25, 0.3) is 11.7 Å². The Balaban J connectivity index is 1.73. The maximum absolute atomic E-state index is 13.3. The number of rotatable bonds is 4. The minimum atomic E-state index is -0.767. The fourth-order valence-corrected chi connectivity index (χ4v) is 4.83. The van der Waals surface area contributed by atoms with E-state index in [0.29, 0.717) is 43.7 Å². The first-order chi connectivity index (χ1) is 16.3. The van der Waals surface area contributed by atoms with Crippen LogP contribution in [-0.4, -0.2) is 63.4 Å². The van der Waals surface area contributed by atoms with Gasteiger partial charge in [-0.15, -0.1) is 0 Å². The van der Waals surface area contributed by atoms with Crippen molar-refractivity contribution in [1.29, 1.82) is 0 Å². The smallest absolute Gasteiger partial charge is 0.409 e. The number of pyridine rings is 1. The number of amides is 2. The molecule has 4 rings (SSSR count). The van der Waals surface area contributed by atoms with Gasteiger partial charge in [0.05, 0.1) is 18.2 Å². The van der Waals surface area contributed by atoms with Gasteiger partial charge in [-0.2, -0.15) is 0 Å². The second kappa shape index (κ2) is 9.97. The Morgan fingerprint density at radius 1 is 1.24 bits per heavy atom. The average molecular weight is 528 g/mol. The van der Waals surface area contributed by atoms with Crippen LogP contribution in [-0.2, 0) is 14.3 Å². The quantitative estimate of drug-likeness (QED) is 0.363. The number of ketones is 1. The Morgan fingerprint density at radius 2 is 1.97 bits per heavy atom. The lowest BCUT2D eigenvalue weighted by Gasteiger charge is -2.38. The first kappa shape index (κ1) is 23.9. The molecule has 1 unspecified atom stereocenters. The Kier molecular flexibility index (Phi) is 7.02. The number of hydrogen-bond acceptors (Lipinski definition) is 6.